The van der Waals surface area contributed by atoms with Crippen LogP contribution in [0.4, 0.5) is 4.39 Å². The number of carbonyl (C=O) groups excluding carboxylic acids is 1. The van der Waals surface area contributed by atoms with Crippen LogP contribution >= 0.6 is 15.9 Å². The highest BCUT2D eigenvalue weighted by Crippen LogP contribution is 2.21. The molecule has 0 aliphatic carbocycles. The third-order valence-electron chi connectivity index (χ3n) is 4.04. The summed E-state index contributed by atoms with van der Waals surface area (Å²) in [7, 11) is 0. The average Bonchev–Trinajstić information content (AvgIpc) is 2.90. The van der Waals surface area contributed by atoms with E-state index >= 15 is 0 Å². The molecule has 1 heterocycles. The zero-order valence-electron chi connectivity index (χ0n) is 14.3. The monoisotopic (exact) mass is 413 g/mol. The highest BCUT2D eigenvalue weighted by atomic mass is 79.9. The fraction of sp³-hybridized carbons (Fsp3) is 0.100. The standard InChI is InChI=1S/C20H17BrFN3O/c1-13-11-16(14(2)25(13)19-6-4-3-5-18(19)22)12-23-24-20(26)15-7-9-17(21)10-8-15/h3-12H,1-2H3,(H,24,26)/b23-12-. The predicted molar refractivity (Wildman–Crippen MR) is 104 cm³/mol. The van der Waals surface area contributed by atoms with Gasteiger partial charge in [0, 0.05) is 27.0 Å². The third-order valence-corrected chi connectivity index (χ3v) is 4.57. The second kappa shape index (κ2) is 7.66. The molecule has 4 nitrogen and oxygen atoms in total. The lowest BCUT2D eigenvalue weighted by molar-refractivity contribution is 0.0955. The Kier molecular flexibility index (Phi) is 5.32. The summed E-state index contributed by atoms with van der Waals surface area (Å²) in [6.45, 7) is 3.79. The summed E-state index contributed by atoms with van der Waals surface area (Å²) in [4.78, 5) is 12.1. The van der Waals surface area contributed by atoms with Gasteiger partial charge in [-0.25, -0.2) is 9.82 Å². The molecule has 3 aromatic rings. The highest BCUT2D eigenvalue weighted by molar-refractivity contribution is 9.10. The Morgan fingerprint density at radius 3 is 2.54 bits per heavy atom. The normalized spacial score (nSPS) is 11.1. The maximum atomic E-state index is 14.1. The highest BCUT2D eigenvalue weighted by Gasteiger charge is 2.12. The van der Waals surface area contributed by atoms with Gasteiger partial charge in [0.2, 0.25) is 0 Å². The number of amides is 1. The van der Waals surface area contributed by atoms with Gasteiger partial charge in [0.05, 0.1) is 11.9 Å². The Morgan fingerprint density at radius 2 is 1.85 bits per heavy atom. The second-order valence-corrected chi connectivity index (χ2v) is 6.73. The molecule has 0 bridgehead atoms. The van der Waals surface area contributed by atoms with E-state index in [4.69, 9.17) is 0 Å². The molecule has 6 heteroatoms. The number of nitrogens with one attached hydrogen (secondary N) is 1. The van der Waals surface area contributed by atoms with Crippen molar-refractivity contribution >= 4 is 28.1 Å². The number of hydrazone groups is 1. The number of aromatic nitrogens is 1. The van der Waals surface area contributed by atoms with Gasteiger partial charge in [-0.2, -0.15) is 5.10 Å². The molecule has 26 heavy (non-hydrogen) atoms. The van der Waals surface area contributed by atoms with Gasteiger partial charge in [-0.05, 0) is 56.3 Å². The molecule has 0 fully saturated rings. The maximum absolute atomic E-state index is 14.1. The van der Waals surface area contributed by atoms with Gasteiger partial charge in [0.1, 0.15) is 5.82 Å². The number of hydrogen-bond acceptors (Lipinski definition) is 2. The van der Waals surface area contributed by atoms with Crippen LogP contribution in [-0.2, 0) is 0 Å². The summed E-state index contributed by atoms with van der Waals surface area (Å²) in [5, 5.41) is 4.03. The molecule has 2 aromatic carbocycles. The summed E-state index contributed by atoms with van der Waals surface area (Å²) in [5.74, 6) is -0.585. The predicted octanol–water partition coefficient (Wildman–Crippen LogP) is 4.76. The number of halogens is 2. The van der Waals surface area contributed by atoms with Crippen LogP contribution < -0.4 is 5.43 Å². The number of aryl methyl sites for hydroxylation is 1. The number of hydrogen-bond donors (Lipinski definition) is 1. The van der Waals surface area contributed by atoms with Crippen molar-refractivity contribution in [3.8, 4) is 5.69 Å². The topological polar surface area (TPSA) is 46.4 Å². The molecule has 0 aliphatic heterocycles. The van der Waals surface area contributed by atoms with Gasteiger partial charge < -0.3 is 4.57 Å². The van der Waals surface area contributed by atoms with Crippen molar-refractivity contribution in [2.24, 2.45) is 5.10 Å². The zero-order valence-corrected chi connectivity index (χ0v) is 15.9. The Labute approximate surface area is 159 Å². The SMILES string of the molecule is Cc1cc(/C=N\NC(=O)c2ccc(Br)cc2)c(C)n1-c1ccccc1F. The van der Waals surface area contributed by atoms with Crippen LogP contribution in [-0.4, -0.2) is 16.7 Å². The molecule has 0 saturated carbocycles. The van der Waals surface area contributed by atoms with Crippen molar-refractivity contribution in [3.05, 3.63) is 87.4 Å². The molecule has 1 amide bonds. The molecule has 1 N–H and O–H groups in total. The van der Waals surface area contributed by atoms with Crippen molar-refractivity contribution in [2.45, 2.75) is 13.8 Å². The first-order valence-corrected chi connectivity index (χ1v) is 8.79. The van der Waals surface area contributed by atoms with E-state index in [1.54, 1.807) is 48.7 Å². The van der Waals surface area contributed by atoms with E-state index in [1.807, 2.05) is 24.5 Å². The Hall–Kier alpha value is -2.73. The first-order chi connectivity index (χ1) is 12.5. The van der Waals surface area contributed by atoms with Gasteiger partial charge in [-0.1, -0.05) is 28.1 Å². The van der Waals surface area contributed by atoms with Crippen LogP contribution in [0.25, 0.3) is 5.69 Å². The number of para-hydroxylation sites is 1. The van der Waals surface area contributed by atoms with Crippen LogP contribution in [0.15, 0.2) is 64.2 Å². The van der Waals surface area contributed by atoms with Gasteiger partial charge in [-0.15, -0.1) is 0 Å². The minimum absolute atomic E-state index is 0.290. The Bertz CT molecular complexity index is 977. The van der Waals surface area contributed by atoms with Crippen LogP contribution in [0.1, 0.15) is 27.3 Å². The van der Waals surface area contributed by atoms with Crippen LogP contribution in [0.2, 0.25) is 0 Å². The Morgan fingerprint density at radius 1 is 1.15 bits per heavy atom. The lowest BCUT2D eigenvalue weighted by Gasteiger charge is -2.10. The summed E-state index contributed by atoms with van der Waals surface area (Å²) in [6.07, 6.45) is 1.57. The molecule has 0 atom stereocenters. The van der Waals surface area contributed by atoms with E-state index in [-0.39, 0.29) is 11.7 Å². The van der Waals surface area contributed by atoms with Crippen molar-refractivity contribution in [3.63, 3.8) is 0 Å². The smallest absolute Gasteiger partial charge is 0.271 e. The molecule has 3 rings (SSSR count). The van der Waals surface area contributed by atoms with Crippen molar-refractivity contribution < 1.29 is 9.18 Å². The number of carbonyl (C=O) groups is 1. The Balaban J connectivity index is 1.80. The lowest BCUT2D eigenvalue weighted by Crippen LogP contribution is -2.17. The molecule has 132 valence electrons. The van der Waals surface area contributed by atoms with E-state index in [0.717, 1.165) is 21.4 Å². The van der Waals surface area contributed by atoms with Crippen molar-refractivity contribution in [1.29, 1.82) is 0 Å². The van der Waals surface area contributed by atoms with E-state index in [9.17, 15) is 9.18 Å². The fourth-order valence-electron chi connectivity index (χ4n) is 2.75. The molecule has 0 saturated heterocycles. The van der Waals surface area contributed by atoms with Gasteiger partial charge in [-0.3, -0.25) is 4.79 Å². The summed E-state index contributed by atoms with van der Waals surface area (Å²) in [6, 6.07) is 15.5. The second-order valence-electron chi connectivity index (χ2n) is 5.82. The third kappa shape index (κ3) is 3.75. The van der Waals surface area contributed by atoms with Crippen LogP contribution in [0.5, 0.6) is 0 Å². The van der Waals surface area contributed by atoms with Gasteiger partial charge >= 0.3 is 0 Å². The van der Waals surface area contributed by atoms with Crippen LogP contribution in [0, 0.1) is 19.7 Å². The quantitative estimate of drug-likeness (QED) is 0.486. The molecular weight excluding hydrogens is 397 g/mol. The zero-order chi connectivity index (χ0) is 18.7. The van der Waals surface area contributed by atoms with Crippen molar-refractivity contribution in [2.75, 3.05) is 0 Å². The van der Waals surface area contributed by atoms with E-state index in [1.165, 1.54) is 6.07 Å². The molecular formula is C20H17BrFN3O. The molecule has 0 aliphatic rings. The minimum atomic E-state index is -0.295. The summed E-state index contributed by atoms with van der Waals surface area (Å²) < 4.78 is 16.8. The molecule has 1 aromatic heterocycles. The molecule has 0 unspecified atom stereocenters. The van der Waals surface area contributed by atoms with Gasteiger partial charge in [0.15, 0.2) is 0 Å². The molecule has 0 spiro atoms. The lowest BCUT2D eigenvalue weighted by atomic mass is 10.2. The first kappa shape index (κ1) is 18.1. The fourth-order valence-corrected chi connectivity index (χ4v) is 3.01. The largest absolute Gasteiger partial charge is 0.315 e. The maximum Gasteiger partial charge on any atom is 0.271 e. The number of nitrogens with zero attached hydrogens (tertiary/aromatic N) is 2. The number of benzene rings is 2. The first-order valence-electron chi connectivity index (χ1n) is 8.00. The molecule has 0 radical (unpaired) electrons. The van der Waals surface area contributed by atoms with E-state index < -0.39 is 0 Å². The van der Waals surface area contributed by atoms with Crippen molar-refractivity contribution in [1.82, 2.24) is 9.99 Å². The summed E-state index contributed by atoms with van der Waals surface area (Å²) in [5.41, 5.74) is 6.04. The van der Waals surface area contributed by atoms with E-state index in [2.05, 4.69) is 26.5 Å². The number of rotatable bonds is 4. The average molecular weight is 414 g/mol. The summed E-state index contributed by atoms with van der Waals surface area (Å²) >= 11 is 3.33. The van der Waals surface area contributed by atoms with E-state index in [0.29, 0.717) is 11.3 Å². The van der Waals surface area contributed by atoms with Crippen LogP contribution in [0.3, 0.4) is 0 Å². The minimum Gasteiger partial charge on any atom is -0.315 e. The van der Waals surface area contributed by atoms with Gasteiger partial charge in [0.25, 0.3) is 5.91 Å².